The Kier molecular flexibility index (Phi) is 2.95. The Balaban J connectivity index is 2.02. The molecular formula is C11H11FN4. The van der Waals surface area contributed by atoms with Crippen molar-refractivity contribution in [1.82, 2.24) is 9.97 Å². The fraction of sp³-hybridized carbons (Fsp3) is 0.0909. The van der Waals surface area contributed by atoms with E-state index in [4.69, 9.17) is 5.73 Å². The lowest BCUT2D eigenvalue weighted by atomic mass is 10.2. The highest BCUT2D eigenvalue weighted by molar-refractivity contribution is 5.37. The number of nitrogens with one attached hydrogen (secondary N) is 1. The van der Waals surface area contributed by atoms with E-state index in [9.17, 15) is 4.39 Å². The maximum Gasteiger partial charge on any atom is 0.144 e. The van der Waals surface area contributed by atoms with Crippen LogP contribution in [0.5, 0.6) is 0 Å². The molecule has 0 radical (unpaired) electrons. The normalized spacial score (nSPS) is 10.1. The minimum Gasteiger partial charge on any atom is -0.382 e. The van der Waals surface area contributed by atoms with Crippen LogP contribution in [-0.4, -0.2) is 9.97 Å². The van der Waals surface area contributed by atoms with Gasteiger partial charge in [-0.3, -0.25) is 0 Å². The molecule has 1 aromatic carbocycles. The van der Waals surface area contributed by atoms with Crippen molar-refractivity contribution in [3.05, 3.63) is 48.0 Å². The lowest BCUT2D eigenvalue weighted by Gasteiger charge is -2.05. The second kappa shape index (κ2) is 4.57. The molecule has 0 saturated carbocycles. The number of rotatable bonds is 3. The fourth-order valence-corrected chi connectivity index (χ4v) is 1.26. The van der Waals surface area contributed by atoms with Crippen molar-refractivity contribution in [3.63, 3.8) is 0 Å². The van der Waals surface area contributed by atoms with Gasteiger partial charge >= 0.3 is 0 Å². The molecule has 0 atom stereocenters. The van der Waals surface area contributed by atoms with Gasteiger partial charge in [0.25, 0.3) is 0 Å². The van der Waals surface area contributed by atoms with E-state index >= 15 is 0 Å². The molecule has 0 unspecified atom stereocenters. The summed E-state index contributed by atoms with van der Waals surface area (Å²) in [5.74, 6) is 0.687. The summed E-state index contributed by atoms with van der Waals surface area (Å²) in [5, 5.41) is 2.96. The third-order valence-corrected chi connectivity index (χ3v) is 2.09. The zero-order chi connectivity index (χ0) is 11.4. The molecule has 16 heavy (non-hydrogen) atoms. The molecule has 3 N–H and O–H groups in total. The zero-order valence-electron chi connectivity index (χ0n) is 8.52. The number of aromatic nitrogens is 2. The van der Waals surface area contributed by atoms with Gasteiger partial charge in [0.05, 0.1) is 12.4 Å². The number of halogens is 1. The van der Waals surface area contributed by atoms with Crippen LogP contribution in [-0.2, 0) is 6.54 Å². The lowest BCUT2D eigenvalue weighted by molar-refractivity contribution is 0.613. The molecule has 0 aliphatic carbocycles. The molecule has 1 aromatic heterocycles. The van der Waals surface area contributed by atoms with Gasteiger partial charge in [0, 0.05) is 12.1 Å². The Hall–Kier alpha value is -2.17. The predicted octanol–water partition coefficient (Wildman–Crippen LogP) is 1.81. The van der Waals surface area contributed by atoms with Crippen LogP contribution in [0.2, 0.25) is 0 Å². The summed E-state index contributed by atoms with van der Waals surface area (Å²) in [7, 11) is 0. The van der Waals surface area contributed by atoms with Gasteiger partial charge in [-0.2, -0.15) is 0 Å². The maximum absolute atomic E-state index is 13.3. The van der Waals surface area contributed by atoms with Crippen molar-refractivity contribution in [3.8, 4) is 0 Å². The lowest BCUT2D eigenvalue weighted by Crippen LogP contribution is -2.04. The highest BCUT2D eigenvalue weighted by Crippen LogP contribution is 2.09. The van der Waals surface area contributed by atoms with Crippen LogP contribution in [0.4, 0.5) is 16.0 Å². The van der Waals surface area contributed by atoms with Crippen LogP contribution in [0.3, 0.4) is 0 Å². The Morgan fingerprint density at radius 2 is 2.00 bits per heavy atom. The van der Waals surface area contributed by atoms with Gasteiger partial charge in [0.1, 0.15) is 17.5 Å². The summed E-state index contributed by atoms with van der Waals surface area (Å²) < 4.78 is 13.3. The van der Waals surface area contributed by atoms with Crippen LogP contribution < -0.4 is 11.1 Å². The zero-order valence-corrected chi connectivity index (χ0v) is 8.52. The third kappa shape index (κ3) is 2.44. The first-order valence-corrected chi connectivity index (χ1v) is 4.80. The second-order valence-corrected chi connectivity index (χ2v) is 3.27. The van der Waals surface area contributed by atoms with E-state index < -0.39 is 0 Å². The molecule has 0 saturated heterocycles. The van der Waals surface area contributed by atoms with Crippen LogP contribution >= 0.6 is 0 Å². The van der Waals surface area contributed by atoms with Gasteiger partial charge in [-0.05, 0) is 6.07 Å². The summed E-state index contributed by atoms with van der Waals surface area (Å²) in [4.78, 5) is 7.87. The largest absolute Gasteiger partial charge is 0.382 e. The number of hydrogen-bond acceptors (Lipinski definition) is 4. The van der Waals surface area contributed by atoms with Gasteiger partial charge in [-0.15, -0.1) is 0 Å². The van der Waals surface area contributed by atoms with Gasteiger partial charge in [0.2, 0.25) is 0 Å². The number of nitrogens with zero attached hydrogens (tertiary/aromatic N) is 2. The summed E-state index contributed by atoms with van der Waals surface area (Å²) >= 11 is 0. The molecule has 0 amide bonds. The first-order valence-electron chi connectivity index (χ1n) is 4.80. The van der Waals surface area contributed by atoms with Crippen molar-refractivity contribution < 1.29 is 4.39 Å². The molecule has 0 fully saturated rings. The molecule has 5 heteroatoms. The molecule has 82 valence electrons. The summed E-state index contributed by atoms with van der Waals surface area (Å²) in [6, 6.07) is 6.58. The van der Waals surface area contributed by atoms with Gasteiger partial charge in [-0.1, -0.05) is 18.2 Å². The van der Waals surface area contributed by atoms with Crippen molar-refractivity contribution in [2.45, 2.75) is 6.54 Å². The minimum absolute atomic E-state index is 0.238. The van der Waals surface area contributed by atoms with Crippen molar-refractivity contribution in [2.24, 2.45) is 0 Å². The molecule has 0 aliphatic rings. The quantitative estimate of drug-likeness (QED) is 0.824. The number of nitrogen functional groups attached to an aromatic ring is 1. The summed E-state index contributed by atoms with van der Waals surface area (Å²) in [5.41, 5.74) is 5.98. The van der Waals surface area contributed by atoms with E-state index in [1.54, 1.807) is 18.2 Å². The van der Waals surface area contributed by atoms with Crippen molar-refractivity contribution >= 4 is 11.6 Å². The van der Waals surface area contributed by atoms with Crippen LogP contribution in [0.1, 0.15) is 5.56 Å². The summed E-state index contributed by atoms with van der Waals surface area (Å²) in [6.07, 6.45) is 2.96. The van der Waals surface area contributed by atoms with Crippen LogP contribution in [0, 0.1) is 5.82 Å². The average molecular weight is 218 g/mol. The Bertz CT molecular complexity index is 470. The molecule has 0 aliphatic heterocycles. The van der Waals surface area contributed by atoms with Crippen molar-refractivity contribution in [1.29, 1.82) is 0 Å². The Morgan fingerprint density at radius 1 is 1.19 bits per heavy atom. The predicted molar refractivity (Wildman–Crippen MR) is 60.2 cm³/mol. The number of benzene rings is 1. The summed E-state index contributed by atoms with van der Waals surface area (Å²) in [6.45, 7) is 0.366. The molecule has 0 bridgehead atoms. The van der Waals surface area contributed by atoms with Gasteiger partial charge < -0.3 is 11.1 Å². The van der Waals surface area contributed by atoms with E-state index in [0.717, 1.165) is 0 Å². The Morgan fingerprint density at radius 3 is 2.69 bits per heavy atom. The minimum atomic E-state index is -0.238. The smallest absolute Gasteiger partial charge is 0.144 e. The standard InChI is InChI=1S/C11H11FN4/c12-9-4-2-1-3-8(9)5-15-11-7-14-10(13)6-16-11/h1-4,6-7H,5H2,(H2,13,14)(H,15,16). The van der Waals surface area contributed by atoms with Gasteiger partial charge in [-0.25, -0.2) is 14.4 Å². The Labute approximate surface area is 92.3 Å². The number of anilines is 2. The van der Waals surface area contributed by atoms with Crippen LogP contribution in [0.15, 0.2) is 36.7 Å². The molecule has 2 rings (SSSR count). The molecular weight excluding hydrogens is 207 g/mol. The second-order valence-electron chi connectivity index (χ2n) is 3.27. The average Bonchev–Trinajstić information content (AvgIpc) is 2.30. The van der Waals surface area contributed by atoms with E-state index in [2.05, 4.69) is 15.3 Å². The molecule has 4 nitrogen and oxygen atoms in total. The highest BCUT2D eigenvalue weighted by atomic mass is 19.1. The SMILES string of the molecule is Nc1cnc(NCc2ccccc2F)cn1. The fourth-order valence-electron chi connectivity index (χ4n) is 1.26. The topological polar surface area (TPSA) is 63.8 Å². The monoisotopic (exact) mass is 218 g/mol. The first kappa shape index (κ1) is 10.4. The number of hydrogen-bond donors (Lipinski definition) is 2. The molecule has 2 aromatic rings. The van der Waals surface area contributed by atoms with E-state index in [1.165, 1.54) is 18.5 Å². The first-order chi connectivity index (χ1) is 7.75. The van der Waals surface area contributed by atoms with Crippen molar-refractivity contribution in [2.75, 3.05) is 11.1 Å². The third-order valence-electron chi connectivity index (χ3n) is 2.09. The van der Waals surface area contributed by atoms with E-state index in [1.807, 2.05) is 0 Å². The number of nitrogens with two attached hydrogens (primary N) is 1. The van der Waals surface area contributed by atoms with Crippen LogP contribution in [0.25, 0.3) is 0 Å². The van der Waals surface area contributed by atoms with E-state index in [0.29, 0.717) is 23.7 Å². The maximum atomic E-state index is 13.3. The molecule has 1 heterocycles. The highest BCUT2D eigenvalue weighted by Gasteiger charge is 2.00. The van der Waals surface area contributed by atoms with E-state index in [-0.39, 0.29) is 5.82 Å². The van der Waals surface area contributed by atoms with Gasteiger partial charge in [0.15, 0.2) is 0 Å². The molecule has 0 spiro atoms.